The summed E-state index contributed by atoms with van der Waals surface area (Å²) in [6, 6.07) is 7.81. The summed E-state index contributed by atoms with van der Waals surface area (Å²) >= 11 is 1.48. The summed E-state index contributed by atoms with van der Waals surface area (Å²) in [5.41, 5.74) is 6.01. The van der Waals surface area contributed by atoms with Crippen LogP contribution in [0.25, 0.3) is 10.9 Å². The zero-order valence-corrected chi connectivity index (χ0v) is 16.4. The van der Waals surface area contributed by atoms with E-state index in [0.29, 0.717) is 22.2 Å². The molecule has 6 heteroatoms. The van der Waals surface area contributed by atoms with Gasteiger partial charge < -0.3 is 4.74 Å². The number of aryl methyl sites for hydroxylation is 3. The second-order valence-corrected chi connectivity index (χ2v) is 7.10. The van der Waals surface area contributed by atoms with Crippen molar-refractivity contribution in [2.75, 3.05) is 7.11 Å². The molecule has 0 saturated heterocycles. The monoisotopic (exact) mass is 367 g/mol. The number of ether oxygens (including phenoxy) is 1. The van der Waals surface area contributed by atoms with Gasteiger partial charge in [0.1, 0.15) is 0 Å². The smallest absolute Gasteiger partial charge is 0.340 e. The molecule has 3 aromatic rings. The Balaban J connectivity index is 2.02. The summed E-state index contributed by atoms with van der Waals surface area (Å²) < 4.78 is 4.99. The molecule has 0 aliphatic carbocycles. The number of fused-ring (bicyclic) bond motifs is 1. The summed E-state index contributed by atoms with van der Waals surface area (Å²) in [5, 5.41) is 1.65. The molecule has 0 fully saturated rings. The highest BCUT2D eigenvalue weighted by Gasteiger charge is 2.20. The molecule has 134 valence electrons. The molecule has 26 heavy (non-hydrogen) atoms. The van der Waals surface area contributed by atoms with Crippen LogP contribution in [-0.4, -0.2) is 28.0 Å². The van der Waals surface area contributed by atoms with Gasteiger partial charge in [-0.3, -0.25) is 4.98 Å². The molecule has 0 N–H and O–H groups in total. The number of rotatable bonds is 4. The Morgan fingerprint density at radius 2 is 1.65 bits per heavy atom. The third kappa shape index (κ3) is 3.42. The van der Waals surface area contributed by atoms with Gasteiger partial charge in [-0.2, -0.15) is 0 Å². The number of benzene rings is 1. The van der Waals surface area contributed by atoms with Crippen molar-refractivity contribution < 1.29 is 9.53 Å². The van der Waals surface area contributed by atoms with Gasteiger partial charge in [0.2, 0.25) is 0 Å². The first kappa shape index (κ1) is 18.3. The predicted molar refractivity (Wildman–Crippen MR) is 104 cm³/mol. The summed E-state index contributed by atoms with van der Waals surface area (Å²) in [6.07, 6.45) is 0. The Kier molecular flexibility index (Phi) is 5.23. The van der Waals surface area contributed by atoms with Gasteiger partial charge >= 0.3 is 5.97 Å². The summed E-state index contributed by atoms with van der Waals surface area (Å²) in [6.45, 7) is 7.91. The Morgan fingerprint density at radius 1 is 1.00 bits per heavy atom. The molecule has 0 atom stereocenters. The van der Waals surface area contributed by atoms with E-state index in [1.807, 2.05) is 52.0 Å². The quantitative estimate of drug-likeness (QED) is 0.388. The molecule has 0 unspecified atom stereocenters. The fourth-order valence-corrected chi connectivity index (χ4v) is 3.73. The zero-order chi connectivity index (χ0) is 18.8. The van der Waals surface area contributed by atoms with Crippen molar-refractivity contribution in [3.8, 4) is 0 Å². The van der Waals surface area contributed by atoms with Crippen LogP contribution < -0.4 is 0 Å². The first-order valence-electron chi connectivity index (χ1n) is 8.33. The predicted octanol–water partition coefficient (Wildman–Crippen LogP) is 4.34. The highest BCUT2D eigenvalue weighted by Crippen LogP contribution is 2.28. The fraction of sp³-hybridized carbons (Fsp3) is 0.300. The van der Waals surface area contributed by atoms with E-state index in [-0.39, 0.29) is 5.97 Å². The average molecular weight is 367 g/mol. The van der Waals surface area contributed by atoms with Crippen LogP contribution in [0.2, 0.25) is 0 Å². The van der Waals surface area contributed by atoms with E-state index < -0.39 is 0 Å². The van der Waals surface area contributed by atoms with E-state index in [1.54, 1.807) is 0 Å². The minimum atomic E-state index is -0.367. The number of hydrogen-bond acceptors (Lipinski definition) is 6. The molecule has 0 aliphatic heterocycles. The standard InChI is InChI=1S/C20H21N3O2S/c1-11-13(3)21-20(22-14(11)4)26-10-17-18(19(24)25-5)12(2)15-8-6-7-9-16(15)23-17/h6-9H,10H2,1-5H3. The van der Waals surface area contributed by atoms with Gasteiger partial charge in [0, 0.05) is 22.5 Å². The van der Waals surface area contributed by atoms with Crippen LogP contribution >= 0.6 is 11.8 Å². The van der Waals surface area contributed by atoms with Crippen LogP contribution in [0.5, 0.6) is 0 Å². The van der Waals surface area contributed by atoms with Gasteiger partial charge in [-0.25, -0.2) is 14.8 Å². The maximum Gasteiger partial charge on any atom is 0.340 e. The Labute approximate surface area is 157 Å². The van der Waals surface area contributed by atoms with Gasteiger partial charge in [-0.05, 0) is 44.9 Å². The molecule has 2 heterocycles. The van der Waals surface area contributed by atoms with E-state index in [9.17, 15) is 4.79 Å². The van der Waals surface area contributed by atoms with Crippen molar-refractivity contribution in [3.05, 3.63) is 58.0 Å². The molecule has 0 bridgehead atoms. The van der Waals surface area contributed by atoms with Crippen LogP contribution in [-0.2, 0) is 10.5 Å². The average Bonchev–Trinajstić information content (AvgIpc) is 2.64. The molecular weight excluding hydrogens is 346 g/mol. The molecular formula is C20H21N3O2S. The minimum Gasteiger partial charge on any atom is -0.465 e. The Bertz CT molecular complexity index is 979. The maximum absolute atomic E-state index is 12.4. The summed E-state index contributed by atoms with van der Waals surface area (Å²) in [5.74, 6) is 0.131. The van der Waals surface area contributed by atoms with E-state index in [1.165, 1.54) is 18.9 Å². The molecule has 5 nitrogen and oxygen atoms in total. The first-order chi connectivity index (χ1) is 12.4. The molecule has 3 rings (SSSR count). The van der Waals surface area contributed by atoms with Gasteiger partial charge in [0.05, 0.1) is 23.9 Å². The minimum absolute atomic E-state index is 0.367. The van der Waals surface area contributed by atoms with Crippen LogP contribution in [0.1, 0.15) is 38.6 Å². The van der Waals surface area contributed by atoms with Crippen molar-refractivity contribution in [1.82, 2.24) is 15.0 Å². The highest BCUT2D eigenvalue weighted by atomic mass is 32.2. The van der Waals surface area contributed by atoms with Crippen LogP contribution in [0.4, 0.5) is 0 Å². The van der Waals surface area contributed by atoms with E-state index in [0.717, 1.165) is 33.4 Å². The third-order valence-electron chi connectivity index (χ3n) is 4.57. The van der Waals surface area contributed by atoms with Crippen molar-refractivity contribution in [2.24, 2.45) is 0 Å². The number of thioether (sulfide) groups is 1. The van der Waals surface area contributed by atoms with Gasteiger partial charge in [-0.15, -0.1) is 0 Å². The number of esters is 1. The lowest BCUT2D eigenvalue weighted by molar-refractivity contribution is 0.0598. The second kappa shape index (κ2) is 7.41. The lowest BCUT2D eigenvalue weighted by Gasteiger charge is -2.13. The van der Waals surface area contributed by atoms with Crippen molar-refractivity contribution in [1.29, 1.82) is 0 Å². The van der Waals surface area contributed by atoms with Gasteiger partial charge in [0.25, 0.3) is 0 Å². The number of para-hydroxylation sites is 1. The number of pyridine rings is 1. The molecule has 0 aliphatic rings. The van der Waals surface area contributed by atoms with Crippen molar-refractivity contribution in [3.63, 3.8) is 0 Å². The first-order valence-corrected chi connectivity index (χ1v) is 9.32. The number of nitrogens with zero attached hydrogens (tertiary/aromatic N) is 3. The fourth-order valence-electron chi connectivity index (χ4n) is 2.86. The molecule has 0 spiro atoms. The van der Waals surface area contributed by atoms with Crippen LogP contribution in [0.15, 0.2) is 29.4 Å². The van der Waals surface area contributed by atoms with Gasteiger partial charge in [-0.1, -0.05) is 30.0 Å². The largest absolute Gasteiger partial charge is 0.465 e. The SMILES string of the molecule is COC(=O)c1c(CSc2nc(C)c(C)c(C)n2)nc2ccccc2c1C. The Morgan fingerprint density at radius 3 is 2.31 bits per heavy atom. The molecule has 2 aromatic heterocycles. The zero-order valence-electron chi connectivity index (χ0n) is 15.6. The second-order valence-electron chi connectivity index (χ2n) is 6.16. The molecule has 0 amide bonds. The summed E-state index contributed by atoms with van der Waals surface area (Å²) in [7, 11) is 1.39. The Hall–Kier alpha value is -2.47. The lowest BCUT2D eigenvalue weighted by Crippen LogP contribution is -2.10. The number of methoxy groups -OCH3 is 1. The van der Waals surface area contributed by atoms with E-state index in [2.05, 4.69) is 9.97 Å². The topological polar surface area (TPSA) is 65.0 Å². The van der Waals surface area contributed by atoms with Crippen molar-refractivity contribution in [2.45, 2.75) is 38.6 Å². The summed E-state index contributed by atoms with van der Waals surface area (Å²) in [4.78, 5) is 26.1. The molecule has 0 radical (unpaired) electrons. The van der Waals surface area contributed by atoms with Crippen LogP contribution in [0.3, 0.4) is 0 Å². The van der Waals surface area contributed by atoms with Crippen molar-refractivity contribution >= 4 is 28.6 Å². The number of carbonyl (C=O) groups is 1. The number of carbonyl (C=O) groups excluding carboxylic acids is 1. The molecule has 1 aromatic carbocycles. The third-order valence-corrected chi connectivity index (χ3v) is 5.43. The highest BCUT2D eigenvalue weighted by molar-refractivity contribution is 7.98. The molecule has 0 saturated carbocycles. The lowest BCUT2D eigenvalue weighted by atomic mass is 10.0. The maximum atomic E-state index is 12.4. The number of aromatic nitrogens is 3. The normalized spacial score (nSPS) is 11.0. The number of hydrogen-bond donors (Lipinski definition) is 0. The van der Waals surface area contributed by atoms with E-state index >= 15 is 0 Å². The van der Waals surface area contributed by atoms with Gasteiger partial charge in [0.15, 0.2) is 5.16 Å². The van der Waals surface area contributed by atoms with E-state index in [4.69, 9.17) is 9.72 Å². The van der Waals surface area contributed by atoms with Crippen LogP contribution in [0, 0.1) is 27.7 Å².